The van der Waals surface area contributed by atoms with E-state index in [4.69, 9.17) is 9.47 Å². The van der Waals surface area contributed by atoms with Crippen molar-refractivity contribution in [2.24, 2.45) is 0 Å². The van der Waals surface area contributed by atoms with Crippen molar-refractivity contribution in [1.82, 2.24) is 10.6 Å². The molecule has 0 radical (unpaired) electrons. The summed E-state index contributed by atoms with van der Waals surface area (Å²) in [5.74, 6) is -0.770. The maximum Gasteiger partial charge on any atom is 0.328 e. The average molecular weight is 424 g/mol. The molecule has 0 heterocycles. The number of amides is 2. The van der Waals surface area contributed by atoms with Crippen LogP contribution in [-0.4, -0.2) is 44.1 Å². The van der Waals surface area contributed by atoms with Crippen LogP contribution >= 0.6 is 0 Å². The molecular weight excluding hydrogens is 396 g/mol. The molecule has 1 unspecified atom stereocenters. The highest BCUT2D eigenvalue weighted by atomic mass is 16.5. The lowest BCUT2D eigenvalue weighted by atomic mass is 10.1. The molecule has 2 aromatic carbocycles. The second kappa shape index (κ2) is 12.8. The Morgan fingerprint density at radius 2 is 1.74 bits per heavy atom. The Morgan fingerprint density at radius 3 is 2.42 bits per heavy atom. The van der Waals surface area contributed by atoms with Gasteiger partial charge in [0.15, 0.2) is 6.61 Å². The zero-order valence-corrected chi connectivity index (χ0v) is 17.8. The monoisotopic (exact) mass is 424 g/mol. The SMILES string of the molecule is COc1ccc(C=CC(=O)NC(C)C(=O)OCC(=O)NCCCc2ccccc2)cc1. The smallest absolute Gasteiger partial charge is 0.328 e. The first-order chi connectivity index (χ1) is 15.0. The highest BCUT2D eigenvalue weighted by Gasteiger charge is 2.17. The van der Waals surface area contributed by atoms with Gasteiger partial charge in [0, 0.05) is 12.6 Å². The van der Waals surface area contributed by atoms with Crippen molar-refractivity contribution >= 4 is 23.9 Å². The van der Waals surface area contributed by atoms with E-state index in [0.29, 0.717) is 6.54 Å². The molecule has 2 amide bonds. The van der Waals surface area contributed by atoms with Crippen LogP contribution < -0.4 is 15.4 Å². The van der Waals surface area contributed by atoms with Gasteiger partial charge in [-0.15, -0.1) is 0 Å². The first-order valence-corrected chi connectivity index (χ1v) is 10.1. The molecule has 0 aromatic heterocycles. The first kappa shape index (κ1) is 23.7. The minimum Gasteiger partial charge on any atom is -0.497 e. The Kier molecular flexibility index (Phi) is 9.81. The fourth-order valence-electron chi connectivity index (χ4n) is 2.69. The van der Waals surface area contributed by atoms with Crippen LogP contribution in [0.1, 0.15) is 24.5 Å². The van der Waals surface area contributed by atoms with E-state index in [0.717, 1.165) is 24.2 Å². The first-order valence-electron chi connectivity index (χ1n) is 10.1. The van der Waals surface area contributed by atoms with Crippen LogP contribution in [0.5, 0.6) is 5.75 Å². The summed E-state index contributed by atoms with van der Waals surface area (Å²) in [4.78, 5) is 35.8. The molecule has 0 spiro atoms. The number of rotatable bonds is 11. The van der Waals surface area contributed by atoms with Gasteiger partial charge in [-0.1, -0.05) is 42.5 Å². The number of hydrogen-bond acceptors (Lipinski definition) is 5. The Bertz CT molecular complexity index is 879. The van der Waals surface area contributed by atoms with E-state index < -0.39 is 17.9 Å². The number of hydrogen-bond donors (Lipinski definition) is 2. The zero-order chi connectivity index (χ0) is 22.5. The summed E-state index contributed by atoms with van der Waals surface area (Å²) in [6, 6.07) is 16.3. The highest BCUT2D eigenvalue weighted by Crippen LogP contribution is 2.12. The maximum absolute atomic E-state index is 12.0. The van der Waals surface area contributed by atoms with Gasteiger partial charge >= 0.3 is 5.97 Å². The molecule has 2 N–H and O–H groups in total. The van der Waals surface area contributed by atoms with Crippen molar-refractivity contribution in [2.75, 3.05) is 20.3 Å². The molecule has 7 heteroatoms. The molecule has 0 bridgehead atoms. The number of ether oxygens (including phenoxy) is 2. The van der Waals surface area contributed by atoms with Gasteiger partial charge in [0.1, 0.15) is 11.8 Å². The number of esters is 1. The third-order valence-electron chi connectivity index (χ3n) is 4.41. The maximum atomic E-state index is 12.0. The van der Waals surface area contributed by atoms with E-state index in [2.05, 4.69) is 10.6 Å². The molecule has 0 saturated heterocycles. The molecule has 0 aliphatic rings. The zero-order valence-electron chi connectivity index (χ0n) is 17.8. The van der Waals surface area contributed by atoms with Crippen molar-refractivity contribution in [2.45, 2.75) is 25.8 Å². The Morgan fingerprint density at radius 1 is 1.03 bits per heavy atom. The molecule has 1 atom stereocenters. The lowest BCUT2D eigenvalue weighted by Gasteiger charge is -2.12. The van der Waals surface area contributed by atoms with Crippen molar-refractivity contribution in [3.05, 3.63) is 71.8 Å². The summed E-state index contributed by atoms with van der Waals surface area (Å²) in [5, 5.41) is 5.22. The van der Waals surface area contributed by atoms with Gasteiger partial charge in [-0.3, -0.25) is 9.59 Å². The van der Waals surface area contributed by atoms with Crippen molar-refractivity contribution in [3.63, 3.8) is 0 Å². The predicted molar refractivity (Wildman–Crippen MR) is 118 cm³/mol. The van der Waals surface area contributed by atoms with Gasteiger partial charge in [0.25, 0.3) is 5.91 Å². The normalized spacial score (nSPS) is 11.5. The standard InChI is InChI=1S/C24H28N2O5/c1-18(26-22(27)15-12-20-10-13-21(30-2)14-11-20)24(29)31-17-23(28)25-16-6-9-19-7-4-3-5-8-19/h3-5,7-8,10-15,18H,6,9,16-17H2,1-2H3,(H,25,28)(H,26,27). The predicted octanol–water partition coefficient (Wildman–Crippen LogP) is 2.51. The molecule has 0 aliphatic carbocycles. The number of nitrogens with one attached hydrogen (secondary N) is 2. The van der Waals surface area contributed by atoms with E-state index >= 15 is 0 Å². The molecule has 164 valence electrons. The summed E-state index contributed by atoms with van der Waals surface area (Å²) < 4.78 is 10.0. The minimum absolute atomic E-state index is 0.376. The second-order valence-electron chi connectivity index (χ2n) is 6.88. The Hall–Kier alpha value is -3.61. The van der Waals surface area contributed by atoms with E-state index in [1.54, 1.807) is 37.5 Å². The van der Waals surface area contributed by atoms with Gasteiger partial charge in [-0.25, -0.2) is 4.79 Å². The summed E-state index contributed by atoms with van der Waals surface area (Å²) in [5.41, 5.74) is 2.02. The van der Waals surface area contributed by atoms with Crippen LogP contribution in [-0.2, 0) is 25.5 Å². The number of carbonyl (C=O) groups is 3. The quantitative estimate of drug-likeness (QED) is 0.328. The van der Waals surface area contributed by atoms with Gasteiger partial charge in [-0.05, 0) is 49.1 Å². The number of aryl methyl sites for hydroxylation is 1. The van der Waals surface area contributed by atoms with E-state index in [-0.39, 0.29) is 12.5 Å². The number of methoxy groups -OCH3 is 1. The van der Waals surface area contributed by atoms with E-state index in [1.807, 2.05) is 30.3 Å². The molecule has 0 saturated carbocycles. The molecule has 2 rings (SSSR count). The van der Waals surface area contributed by atoms with Crippen LogP contribution in [0.4, 0.5) is 0 Å². The molecule has 2 aromatic rings. The van der Waals surface area contributed by atoms with E-state index in [1.165, 1.54) is 18.6 Å². The second-order valence-corrected chi connectivity index (χ2v) is 6.88. The molecule has 0 aliphatic heterocycles. The third-order valence-corrected chi connectivity index (χ3v) is 4.41. The van der Waals surface area contributed by atoms with Crippen LogP contribution in [0.25, 0.3) is 6.08 Å². The topological polar surface area (TPSA) is 93.7 Å². The molecule has 0 fully saturated rings. The Balaban J connectivity index is 1.63. The van der Waals surface area contributed by atoms with Crippen molar-refractivity contribution in [1.29, 1.82) is 0 Å². The summed E-state index contributed by atoms with van der Waals surface area (Å²) >= 11 is 0. The van der Waals surface area contributed by atoms with Gasteiger partial charge < -0.3 is 20.1 Å². The molecule has 7 nitrogen and oxygen atoms in total. The van der Waals surface area contributed by atoms with Crippen LogP contribution in [0.15, 0.2) is 60.7 Å². The number of carbonyl (C=O) groups excluding carboxylic acids is 3. The highest BCUT2D eigenvalue weighted by molar-refractivity contribution is 5.94. The molecular formula is C24H28N2O5. The van der Waals surface area contributed by atoms with Gasteiger partial charge in [0.2, 0.25) is 5.91 Å². The number of benzene rings is 2. The summed E-state index contributed by atoms with van der Waals surface area (Å²) in [6.45, 7) is 1.61. The van der Waals surface area contributed by atoms with Gasteiger partial charge in [-0.2, -0.15) is 0 Å². The Labute approximate surface area is 182 Å². The van der Waals surface area contributed by atoms with Crippen LogP contribution in [0.3, 0.4) is 0 Å². The third kappa shape index (κ3) is 9.16. The lowest BCUT2D eigenvalue weighted by molar-refractivity contribution is -0.150. The van der Waals surface area contributed by atoms with Crippen molar-refractivity contribution in [3.8, 4) is 5.75 Å². The van der Waals surface area contributed by atoms with Crippen LogP contribution in [0.2, 0.25) is 0 Å². The summed E-state index contributed by atoms with van der Waals surface area (Å²) in [7, 11) is 1.58. The average Bonchev–Trinajstić information content (AvgIpc) is 2.79. The molecule has 31 heavy (non-hydrogen) atoms. The largest absolute Gasteiger partial charge is 0.497 e. The van der Waals surface area contributed by atoms with E-state index in [9.17, 15) is 14.4 Å². The van der Waals surface area contributed by atoms with Gasteiger partial charge in [0.05, 0.1) is 7.11 Å². The fourth-order valence-corrected chi connectivity index (χ4v) is 2.69. The summed E-state index contributed by atoms with van der Waals surface area (Å²) in [6.07, 6.45) is 4.59. The minimum atomic E-state index is -0.876. The van der Waals surface area contributed by atoms with Crippen molar-refractivity contribution < 1.29 is 23.9 Å². The lowest BCUT2D eigenvalue weighted by Crippen LogP contribution is -2.40. The van der Waals surface area contributed by atoms with Crippen LogP contribution in [0, 0.1) is 0 Å². The fraction of sp³-hybridized carbons (Fsp3) is 0.292.